The van der Waals surface area contributed by atoms with E-state index in [1.165, 1.54) is 12.1 Å². The van der Waals surface area contributed by atoms with Crippen LogP contribution in [0.2, 0.25) is 5.02 Å². The molecule has 5 nitrogen and oxygen atoms in total. The number of hydrogen-bond acceptors (Lipinski definition) is 4. The molecule has 134 valence electrons. The number of aryl methyl sites for hydroxylation is 1. The summed E-state index contributed by atoms with van der Waals surface area (Å²) in [4.78, 5) is 23.1. The highest BCUT2D eigenvalue weighted by atomic mass is 35.5. The minimum absolute atomic E-state index is 0.0177. The van der Waals surface area contributed by atoms with Crippen molar-refractivity contribution < 1.29 is 9.18 Å². The first kappa shape index (κ1) is 19.1. The van der Waals surface area contributed by atoms with Crippen molar-refractivity contribution in [3.8, 4) is 0 Å². The van der Waals surface area contributed by atoms with Gasteiger partial charge in [0.15, 0.2) is 0 Å². The molecule has 0 radical (unpaired) electrons. The van der Waals surface area contributed by atoms with Crippen LogP contribution in [0.15, 0.2) is 24.3 Å². The van der Waals surface area contributed by atoms with E-state index in [1.54, 1.807) is 24.0 Å². The maximum atomic E-state index is 13.3. The van der Waals surface area contributed by atoms with Gasteiger partial charge in [0, 0.05) is 24.8 Å². The van der Waals surface area contributed by atoms with E-state index in [-0.39, 0.29) is 10.9 Å². The smallest absolute Gasteiger partial charge is 0.272 e. The molecule has 0 aliphatic rings. The molecular weight excluding hydrogens is 343 g/mol. The predicted molar refractivity (Wildman–Crippen MR) is 97.9 cm³/mol. The maximum Gasteiger partial charge on any atom is 0.272 e. The summed E-state index contributed by atoms with van der Waals surface area (Å²) in [6.45, 7) is 7.17. The molecule has 1 aromatic carbocycles. The average Bonchev–Trinajstić information content (AvgIpc) is 2.57. The van der Waals surface area contributed by atoms with Crippen molar-refractivity contribution >= 4 is 29.0 Å². The quantitative estimate of drug-likeness (QED) is 0.781. The predicted octanol–water partition coefficient (Wildman–Crippen LogP) is 4.58. The number of carbonyl (C=O) groups excluding carboxylic acids is 1. The van der Waals surface area contributed by atoms with E-state index in [1.807, 2.05) is 13.8 Å². The first-order chi connectivity index (χ1) is 11.9. The van der Waals surface area contributed by atoms with Gasteiger partial charge in [-0.25, -0.2) is 14.4 Å². The Morgan fingerprint density at radius 1 is 1.20 bits per heavy atom. The molecule has 0 saturated heterocycles. The zero-order valence-corrected chi connectivity index (χ0v) is 15.4. The average molecular weight is 365 g/mol. The molecule has 2 aromatic rings. The molecule has 7 heteroatoms. The molecule has 0 unspecified atom stereocenters. The Balaban J connectivity index is 2.26. The number of nitrogens with zero attached hydrogens (tertiary/aromatic N) is 3. The lowest BCUT2D eigenvalue weighted by molar-refractivity contribution is 0.0749. The fraction of sp³-hybridized carbons (Fsp3) is 0.389. The molecule has 1 N–H and O–H groups in total. The monoisotopic (exact) mass is 364 g/mol. The third kappa shape index (κ3) is 5.13. The van der Waals surface area contributed by atoms with Crippen LogP contribution in [0.25, 0.3) is 0 Å². The molecule has 0 spiro atoms. The van der Waals surface area contributed by atoms with Crippen LogP contribution in [0, 0.1) is 12.7 Å². The van der Waals surface area contributed by atoms with Crippen LogP contribution >= 0.6 is 11.6 Å². The highest BCUT2D eigenvalue weighted by Gasteiger charge is 2.17. The molecule has 0 saturated carbocycles. The second-order valence-corrected chi connectivity index (χ2v) is 6.14. The van der Waals surface area contributed by atoms with E-state index in [0.29, 0.717) is 36.1 Å². The third-order valence-electron chi connectivity index (χ3n) is 3.52. The molecule has 25 heavy (non-hydrogen) atoms. The molecule has 1 amide bonds. The van der Waals surface area contributed by atoms with Gasteiger partial charge >= 0.3 is 0 Å². The van der Waals surface area contributed by atoms with Crippen LogP contribution < -0.4 is 5.32 Å². The van der Waals surface area contributed by atoms with Crippen LogP contribution in [-0.4, -0.2) is 33.9 Å². The second kappa shape index (κ2) is 8.76. The summed E-state index contributed by atoms with van der Waals surface area (Å²) in [6.07, 6.45) is 1.77. The number of hydrogen-bond donors (Lipinski definition) is 1. The van der Waals surface area contributed by atoms with Gasteiger partial charge in [-0.3, -0.25) is 4.79 Å². The van der Waals surface area contributed by atoms with Gasteiger partial charge in [-0.15, -0.1) is 0 Å². The Labute approximate surface area is 152 Å². The Kier molecular flexibility index (Phi) is 6.70. The molecule has 0 fully saturated rings. The normalized spacial score (nSPS) is 10.6. The van der Waals surface area contributed by atoms with Crippen molar-refractivity contribution in [1.29, 1.82) is 0 Å². The number of amides is 1. The second-order valence-electron chi connectivity index (χ2n) is 5.73. The fourth-order valence-corrected chi connectivity index (χ4v) is 2.66. The standard InChI is InChI=1S/C18H22ClFN4O/c1-4-8-24(9-5-2)18(25)16-11-17(22-12(3)21-16)23-13-6-7-15(20)14(19)10-13/h6-7,10-11H,4-5,8-9H2,1-3H3,(H,21,22,23). The summed E-state index contributed by atoms with van der Waals surface area (Å²) in [5.74, 6) is 0.340. The van der Waals surface area contributed by atoms with Gasteiger partial charge in [-0.2, -0.15) is 0 Å². The number of nitrogens with one attached hydrogen (secondary N) is 1. The Morgan fingerprint density at radius 3 is 2.48 bits per heavy atom. The lowest BCUT2D eigenvalue weighted by Crippen LogP contribution is -2.33. The van der Waals surface area contributed by atoms with Gasteiger partial charge in [-0.1, -0.05) is 25.4 Å². The van der Waals surface area contributed by atoms with E-state index in [2.05, 4.69) is 15.3 Å². The number of anilines is 2. The molecule has 1 aromatic heterocycles. The Morgan fingerprint density at radius 2 is 1.88 bits per heavy atom. The van der Waals surface area contributed by atoms with Crippen LogP contribution in [0.5, 0.6) is 0 Å². The lowest BCUT2D eigenvalue weighted by atomic mass is 10.2. The van der Waals surface area contributed by atoms with E-state index < -0.39 is 5.82 Å². The Hall–Kier alpha value is -2.21. The number of halogens is 2. The Bertz CT molecular complexity index is 748. The van der Waals surface area contributed by atoms with Crippen LogP contribution in [0.3, 0.4) is 0 Å². The highest BCUT2D eigenvalue weighted by molar-refractivity contribution is 6.31. The maximum absolute atomic E-state index is 13.3. The van der Waals surface area contributed by atoms with Crippen LogP contribution in [0.4, 0.5) is 15.9 Å². The van der Waals surface area contributed by atoms with Gasteiger partial charge in [0.05, 0.1) is 5.02 Å². The van der Waals surface area contributed by atoms with Crippen molar-refractivity contribution in [1.82, 2.24) is 14.9 Å². The number of benzene rings is 1. The SMILES string of the molecule is CCCN(CCC)C(=O)c1cc(Nc2ccc(F)c(Cl)c2)nc(C)n1. The van der Waals surface area contributed by atoms with E-state index in [0.717, 1.165) is 12.8 Å². The largest absolute Gasteiger partial charge is 0.340 e. The van der Waals surface area contributed by atoms with E-state index in [9.17, 15) is 9.18 Å². The molecule has 0 atom stereocenters. The topological polar surface area (TPSA) is 58.1 Å². The van der Waals surface area contributed by atoms with Crippen molar-refractivity contribution in [2.24, 2.45) is 0 Å². The first-order valence-corrected chi connectivity index (χ1v) is 8.69. The number of rotatable bonds is 7. The van der Waals surface area contributed by atoms with E-state index >= 15 is 0 Å². The molecule has 1 heterocycles. The molecule has 0 aliphatic carbocycles. The highest BCUT2D eigenvalue weighted by Crippen LogP contribution is 2.22. The van der Waals surface area contributed by atoms with Gasteiger partial charge in [0.1, 0.15) is 23.2 Å². The van der Waals surface area contributed by atoms with Crippen molar-refractivity contribution in [2.75, 3.05) is 18.4 Å². The minimum atomic E-state index is -0.489. The fourth-order valence-electron chi connectivity index (χ4n) is 2.48. The number of aromatic nitrogens is 2. The first-order valence-electron chi connectivity index (χ1n) is 8.31. The zero-order chi connectivity index (χ0) is 18.4. The molecular formula is C18H22ClFN4O. The van der Waals surface area contributed by atoms with Crippen molar-refractivity contribution in [3.05, 3.63) is 46.6 Å². The van der Waals surface area contributed by atoms with Crippen molar-refractivity contribution in [2.45, 2.75) is 33.6 Å². The molecule has 0 aliphatic heterocycles. The van der Waals surface area contributed by atoms with Crippen LogP contribution in [0.1, 0.15) is 43.0 Å². The molecule has 0 bridgehead atoms. The zero-order valence-electron chi connectivity index (χ0n) is 14.6. The summed E-state index contributed by atoms with van der Waals surface area (Å²) in [6, 6.07) is 5.90. The lowest BCUT2D eigenvalue weighted by Gasteiger charge is -2.21. The summed E-state index contributed by atoms with van der Waals surface area (Å²) in [5, 5.41) is 3.06. The van der Waals surface area contributed by atoms with Gasteiger partial charge in [-0.05, 0) is 38.0 Å². The van der Waals surface area contributed by atoms with Gasteiger partial charge < -0.3 is 10.2 Å². The third-order valence-corrected chi connectivity index (χ3v) is 3.81. The van der Waals surface area contributed by atoms with E-state index in [4.69, 9.17) is 11.6 Å². The number of carbonyl (C=O) groups is 1. The summed E-state index contributed by atoms with van der Waals surface area (Å²) < 4.78 is 13.3. The van der Waals surface area contributed by atoms with Crippen LogP contribution in [-0.2, 0) is 0 Å². The minimum Gasteiger partial charge on any atom is -0.340 e. The molecule has 2 rings (SSSR count). The van der Waals surface area contributed by atoms with Gasteiger partial charge in [0.25, 0.3) is 5.91 Å². The van der Waals surface area contributed by atoms with Gasteiger partial charge in [0.2, 0.25) is 0 Å². The summed E-state index contributed by atoms with van der Waals surface area (Å²) in [7, 11) is 0. The summed E-state index contributed by atoms with van der Waals surface area (Å²) >= 11 is 5.80. The summed E-state index contributed by atoms with van der Waals surface area (Å²) in [5.41, 5.74) is 0.923. The van der Waals surface area contributed by atoms with Crippen molar-refractivity contribution in [3.63, 3.8) is 0 Å².